The van der Waals surface area contributed by atoms with Crippen molar-refractivity contribution in [2.45, 2.75) is 39.7 Å². The second-order valence-corrected chi connectivity index (χ2v) is 6.21. The minimum atomic E-state index is -1.18. The van der Waals surface area contributed by atoms with Gasteiger partial charge in [0.15, 0.2) is 0 Å². The van der Waals surface area contributed by atoms with Gasteiger partial charge in [0.05, 0.1) is 5.41 Å². The van der Waals surface area contributed by atoms with Crippen LogP contribution in [0, 0.1) is 5.41 Å². The highest BCUT2D eigenvalue weighted by molar-refractivity contribution is 5.96. The number of rotatable bonds is 4. The Morgan fingerprint density at radius 1 is 1.29 bits per heavy atom. The van der Waals surface area contributed by atoms with Gasteiger partial charge in [0.25, 0.3) is 0 Å². The minimum Gasteiger partial charge on any atom is -0.481 e. The third-order valence-corrected chi connectivity index (χ3v) is 3.96. The van der Waals surface area contributed by atoms with Crippen molar-refractivity contribution >= 4 is 17.9 Å². The number of urea groups is 1. The van der Waals surface area contributed by atoms with Gasteiger partial charge < -0.3 is 10.0 Å². The Morgan fingerprint density at radius 2 is 1.90 bits per heavy atom. The van der Waals surface area contributed by atoms with Gasteiger partial charge in [0.2, 0.25) is 5.91 Å². The zero-order valence-corrected chi connectivity index (χ0v) is 13.2. The number of amides is 3. The first-order chi connectivity index (χ1) is 9.67. The number of nitrogens with one attached hydrogen (secondary N) is 1. The summed E-state index contributed by atoms with van der Waals surface area (Å²) in [4.78, 5) is 38.6. The van der Waals surface area contributed by atoms with Crippen molar-refractivity contribution in [1.82, 2.24) is 15.1 Å². The maximum atomic E-state index is 12.1. The number of piperazine rings is 1. The summed E-state index contributed by atoms with van der Waals surface area (Å²) < 4.78 is 0. The topological polar surface area (TPSA) is 90.0 Å². The third kappa shape index (κ3) is 4.70. The number of carbonyl (C=O) groups is 3. The summed E-state index contributed by atoms with van der Waals surface area (Å²) in [7, 11) is 2.02. The van der Waals surface area contributed by atoms with Crippen molar-refractivity contribution < 1.29 is 19.5 Å². The molecule has 0 spiro atoms. The van der Waals surface area contributed by atoms with Crippen LogP contribution in [0.5, 0.6) is 0 Å². The van der Waals surface area contributed by atoms with Crippen LogP contribution in [0.25, 0.3) is 0 Å². The van der Waals surface area contributed by atoms with Gasteiger partial charge in [-0.15, -0.1) is 0 Å². The zero-order chi connectivity index (χ0) is 16.2. The smallest absolute Gasteiger partial charge is 0.324 e. The highest BCUT2D eigenvalue weighted by Crippen LogP contribution is 2.20. The average molecular weight is 299 g/mol. The number of nitrogens with zero attached hydrogens (tertiary/aromatic N) is 2. The lowest BCUT2D eigenvalue weighted by Gasteiger charge is -2.38. The van der Waals surface area contributed by atoms with Crippen LogP contribution in [-0.4, -0.2) is 65.5 Å². The molecule has 1 unspecified atom stereocenters. The van der Waals surface area contributed by atoms with Crippen LogP contribution in [-0.2, 0) is 9.59 Å². The zero-order valence-electron chi connectivity index (χ0n) is 13.2. The van der Waals surface area contributed by atoms with Crippen LogP contribution in [0.3, 0.4) is 0 Å². The first-order valence-corrected chi connectivity index (χ1v) is 7.19. The number of carboxylic acid groups (broad SMARTS) is 1. The third-order valence-electron chi connectivity index (χ3n) is 3.96. The molecule has 0 aromatic rings. The Kier molecular flexibility index (Phi) is 5.71. The number of carboxylic acids is 1. The Morgan fingerprint density at radius 3 is 2.43 bits per heavy atom. The quantitative estimate of drug-likeness (QED) is 0.799. The molecule has 1 saturated heterocycles. The number of carbonyl (C=O) groups excluding carboxylic acids is 2. The Bertz CT molecular complexity index is 422. The fraction of sp³-hybridized carbons (Fsp3) is 0.786. The van der Waals surface area contributed by atoms with E-state index in [0.717, 1.165) is 13.0 Å². The first-order valence-electron chi connectivity index (χ1n) is 7.19. The molecule has 1 aliphatic heterocycles. The molecule has 0 radical (unpaired) electrons. The van der Waals surface area contributed by atoms with Gasteiger partial charge >= 0.3 is 12.0 Å². The largest absolute Gasteiger partial charge is 0.481 e. The second-order valence-electron chi connectivity index (χ2n) is 6.21. The molecule has 1 heterocycles. The van der Waals surface area contributed by atoms with E-state index >= 15 is 0 Å². The van der Waals surface area contributed by atoms with E-state index in [9.17, 15) is 14.4 Å². The summed E-state index contributed by atoms with van der Waals surface area (Å²) in [6, 6.07) is -0.150. The second kappa shape index (κ2) is 6.89. The molecular formula is C14H25N3O4. The molecule has 7 nitrogen and oxygen atoms in total. The summed E-state index contributed by atoms with van der Waals surface area (Å²) in [6.07, 6.45) is 0.708. The summed E-state index contributed by atoms with van der Waals surface area (Å²) in [5, 5.41) is 11.3. The minimum absolute atomic E-state index is 0.223. The van der Waals surface area contributed by atoms with Crippen LogP contribution in [0.4, 0.5) is 4.79 Å². The lowest BCUT2D eigenvalue weighted by Crippen LogP contribution is -2.56. The molecule has 0 bridgehead atoms. The lowest BCUT2D eigenvalue weighted by molar-refractivity contribution is -0.149. The maximum Gasteiger partial charge on any atom is 0.324 e. The van der Waals surface area contributed by atoms with Crippen molar-refractivity contribution in [3.8, 4) is 0 Å². The molecule has 1 fully saturated rings. The SMILES string of the molecule is CCC1CN(C(=O)NC(=O)CC(C)(C)C(=O)O)CCN1C. The number of hydrogen-bond donors (Lipinski definition) is 2. The first kappa shape index (κ1) is 17.4. The number of hydrogen-bond acceptors (Lipinski definition) is 4. The Labute approximate surface area is 125 Å². The van der Waals surface area contributed by atoms with E-state index in [4.69, 9.17) is 5.11 Å². The van der Waals surface area contributed by atoms with Crippen molar-refractivity contribution in [3.63, 3.8) is 0 Å². The Hall–Kier alpha value is -1.63. The van der Waals surface area contributed by atoms with E-state index in [1.54, 1.807) is 4.90 Å². The standard InChI is InChI=1S/C14H25N3O4/c1-5-10-9-17(7-6-16(10)4)13(21)15-11(18)8-14(2,3)12(19)20/h10H,5-9H2,1-4H3,(H,19,20)(H,15,18,21). The maximum absolute atomic E-state index is 12.1. The van der Waals surface area contributed by atoms with E-state index in [1.807, 2.05) is 7.05 Å². The molecule has 0 saturated carbocycles. The molecule has 7 heteroatoms. The van der Waals surface area contributed by atoms with Gasteiger partial charge in [-0.3, -0.25) is 19.8 Å². The van der Waals surface area contributed by atoms with Crippen molar-refractivity contribution in [3.05, 3.63) is 0 Å². The average Bonchev–Trinajstić information content (AvgIpc) is 2.38. The molecule has 120 valence electrons. The monoisotopic (exact) mass is 299 g/mol. The van der Waals surface area contributed by atoms with Crippen molar-refractivity contribution in [1.29, 1.82) is 0 Å². The number of imide groups is 1. The van der Waals surface area contributed by atoms with E-state index in [-0.39, 0.29) is 12.5 Å². The molecule has 2 N–H and O–H groups in total. The highest BCUT2D eigenvalue weighted by Gasteiger charge is 2.32. The van der Waals surface area contributed by atoms with Crippen LogP contribution < -0.4 is 5.32 Å². The van der Waals surface area contributed by atoms with Crippen molar-refractivity contribution in [2.24, 2.45) is 5.41 Å². The van der Waals surface area contributed by atoms with Gasteiger partial charge in [0, 0.05) is 32.1 Å². The summed E-state index contributed by atoms with van der Waals surface area (Å²) in [5.41, 5.74) is -1.18. The summed E-state index contributed by atoms with van der Waals surface area (Å²) in [6.45, 7) is 6.89. The van der Waals surface area contributed by atoms with Gasteiger partial charge in [-0.05, 0) is 27.3 Å². The van der Waals surface area contributed by atoms with Crippen LogP contribution >= 0.6 is 0 Å². The van der Waals surface area contributed by atoms with Gasteiger partial charge in [-0.25, -0.2) is 4.79 Å². The summed E-state index contributed by atoms with van der Waals surface area (Å²) in [5.74, 6) is -1.62. The number of likely N-dealkylation sites (N-methyl/N-ethyl adjacent to an activating group) is 1. The van der Waals surface area contributed by atoms with Crippen molar-refractivity contribution in [2.75, 3.05) is 26.7 Å². The lowest BCUT2D eigenvalue weighted by atomic mass is 9.89. The van der Waals surface area contributed by atoms with E-state index < -0.39 is 23.3 Å². The van der Waals surface area contributed by atoms with Gasteiger partial charge in [-0.2, -0.15) is 0 Å². The predicted molar refractivity (Wildman–Crippen MR) is 77.9 cm³/mol. The van der Waals surface area contributed by atoms with Crippen LogP contribution in [0.1, 0.15) is 33.6 Å². The fourth-order valence-electron chi connectivity index (χ4n) is 2.29. The van der Waals surface area contributed by atoms with Gasteiger partial charge in [0.1, 0.15) is 0 Å². The summed E-state index contributed by atoms with van der Waals surface area (Å²) >= 11 is 0. The predicted octanol–water partition coefficient (Wildman–Crippen LogP) is 0.750. The van der Waals surface area contributed by atoms with E-state index in [2.05, 4.69) is 17.1 Å². The molecule has 21 heavy (non-hydrogen) atoms. The van der Waals surface area contributed by atoms with Crippen LogP contribution in [0.2, 0.25) is 0 Å². The van der Waals surface area contributed by atoms with Crippen LogP contribution in [0.15, 0.2) is 0 Å². The highest BCUT2D eigenvalue weighted by atomic mass is 16.4. The molecule has 1 atom stereocenters. The van der Waals surface area contributed by atoms with Gasteiger partial charge in [-0.1, -0.05) is 6.92 Å². The normalized spacial score (nSPS) is 20.2. The molecule has 1 rings (SSSR count). The molecule has 0 aliphatic carbocycles. The van der Waals surface area contributed by atoms with E-state index in [0.29, 0.717) is 13.1 Å². The molecule has 0 aromatic heterocycles. The van der Waals surface area contributed by atoms with E-state index in [1.165, 1.54) is 13.8 Å². The molecule has 3 amide bonds. The molecule has 1 aliphatic rings. The Balaban J connectivity index is 2.53. The molecular weight excluding hydrogens is 274 g/mol. The molecule has 0 aromatic carbocycles. The fourth-order valence-corrected chi connectivity index (χ4v) is 2.29. The number of aliphatic carboxylic acids is 1.